The van der Waals surface area contributed by atoms with Crippen LogP contribution in [-0.4, -0.2) is 35.6 Å². The molecule has 0 saturated heterocycles. The largest absolute Gasteiger partial charge is 0.497 e. The summed E-state index contributed by atoms with van der Waals surface area (Å²) in [6.07, 6.45) is 3.44. The summed E-state index contributed by atoms with van der Waals surface area (Å²) < 4.78 is 12.5. The number of rotatable bonds is 8. The zero-order valence-corrected chi connectivity index (χ0v) is 17.5. The molecule has 1 aromatic heterocycles. The molecule has 0 aliphatic heterocycles. The first-order chi connectivity index (χ1) is 15.7. The number of benzene rings is 3. The Bertz CT molecular complexity index is 1190. The van der Waals surface area contributed by atoms with Gasteiger partial charge in [-0.05, 0) is 48.5 Å². The van der Waals surface area contributed by atoms with Gasteiger partial charge < -0.3 is 9.47 Å². The first-order valence-corrected chi connectivity index (χ1v) is 10.0. The minimum atomic E-state index is -0.355. The Morgan fingerprint density at radius 3 is 2.34 bits per heavy atom. The summed E-state index contributed by atoms with van der Waals surface area (Å²) in [4.78, 5) is 12.1. The first kappa shape index (κ1) is 20.9. The number of nitrogens with one attached hydrogen (secondary N) is 1. The fourth-order valence-corrected chi connectivity index (χ4v) is 3.04. The lowest BCUT2D eigenvalue weighted by atomic mass is 10.1. The number of amides is 1. The van der Waals surface area contributed by atoms with E-state index in [0.717, 1.165) is 28.3 Å². The molecule has 0 bridgehead atoms. The number of hydrogen-bond acceptors (Lipinski definition) is 5. The van der Waals surface area contributed by atoms with Crippen LogP contribution in [0.5, 0.6) is 11.5 Å². The predicted molar refractivity (Wildman–Crippen MR) is 123 cm³/mol. The zero-order chi connectivity index (χ0) is 22.2. The summed E-state index contributed by atoms with van der Waals surface area (Å²) in [6.45, 7) is -0.129. The van der Waals surface area contributed by atoms with Crippen molar-refractivity contribution in [1.29, 1.82) is 0 Å². The van der Waals surface area contributed by atoms with Gasteiger partial charge in [-0.3, -0.25) is 4.79 Å². The molecule has 3 aromatic carbocycles. The molecule has 0 unspecified atom stereocenters. The van der Waals surface area contributed by atoms with Gasteiger partial charge in [-0.25, -0.2) is 10.1 Å². The number of methoxy groups -OCH3 is 1. The Morgan fingerprint density at radius 2 is 1.66 bits per heavy atom. The van der Waals surface area contributed by atoms with Gasteiger partial charge >= 0.3 is 0 Å². The van der Waals surface area contributed by atoms with Crippen molar-refractivity contribution in [2.24, 2.45) is 5.10 Å². The molecule has 0 radical (unpaired) electrons. The molecule has 0 fully saturated rings. The number of para-hydroxylation sites is 2. The van der Waals surface area contributed by atoms with Gasteiger partial charge in [0.05, 0.1) is 19.0 Å². The van der Waals surface area contributed by atoms with Crippen LogP contribution in [0.15, 0.2) is 96.2 Å². The van der Waals surface area contributed by atoms with Crippen LogP contribution in [0.25, 0.3) is 16.9 Å². The van der Waals surface area contributed by atoms with E-state index in [1.165, 1.54) is 0 Å². The van der Waals surface area contributed by atoms with Crippen LogP contribution in [0.3, 0.4) is 0 Å². The third-order valence-corrected chi connectivity index (χ3v) is 4.63. The minimum absolute atomic E-state index is 0.129. The molecule has 32 heavy (non-hydrogen) atoms. The zero-order valence-electron chi connectivity index (χ0n) is 17.5. The molecule has 1 heterocycles. The molecule has 0 saturated carbocycles. The first-order valence-electron chi connectivity index (χ1n) is 10.0. The fourth-order valence-electron chi connectivity index (χ4n) is 3.04. The van der Waals surface area contributed by atoms with Crippen LogP contribution in [-0.2, 0) is 4.79 Å². The van der Waals surface area contributed by atoms with Crippen molar-refractivity contribution in [3.8, 4) is 28.4 Å². The Morgan fingerprint density at radius 1 is 0.969 bits per heavy atom. The summed E-state index contributed by atoms with van der Waals surface area (Å²) in [6, 6.07) is 26.5. The van der Waals surface area contributed by atoms with Crippen molar-refractivity contribution in [2.75, 3.05) is 13.7 Å². The van der Waals surface area contributed by atoms with E-state index in [2.05, 4.69) is 10.5 Å². The van der Waals surface area contributed by atoms with E-state index in [1.807, 2.05) is 79.0 Å². The summed E-state index contributed by atoms with van der Waals surface area (Å²) in [5.41, 5.74) is 5.80. The molecule has 0 spiro atoms. The van der Waals surface area contributed by atoms with Gasteiger partial charge in [-0.2, -0.15) is 10.2 Å². The van der Waals surface area contributed by atoms with Crippen LogP contribution in [0.2, 0.25) is 0 Å². The highest BCUT2D eigenvalue weighted by molar-refractivity contribution is 5.89. The van der Waals surface area contributed by atoms with Gasteiger partial charge in [0.2, 0.25) is 0 Å². The summed E-state index contributed by atoms with van der Waals surface area (Å²) in [7, 11) is 1.63. The molecule has 0 aliphatic carbocycles. The van der Waals surface area contributed by atoms with Crippen molar-refractivity contribution >= 4 is 12.1 Å². The third-order valence-electron chi connectivity index (χ3n) is 4.63. The monoisotopic (exact) mass is 426 g/mol. The van der Waals surface area contributed by atoms with Gasteiger partial charge in [0.25, 0.3) is 5.91 Å². The second-order valence-corrected chi connectivity index (χ2v) is 6.84. The third kappa shape index (κ3) is 5.20. The highest BCUT2D eigenvalue weighted by Gasteiger charge is 2.11. The molecule has 4 aromatic rings. The second kappa shape index (κ2) is 10.1. The van der Waals surface area contributed by atoms with Gasteiger partial charge in [0, 0.05) is 17.3 Å². The molecule has 0 atom stereocenters. The lowest BCUT2D eigenvalue weighted by molar-refractivity contribution is -0.123. The van der Waals surface area contributed by atoms with Crippen LogP contribution >= 0.6 is 0 Å². The molecule has 1 N–H and O–H groups in total. The van der Waals surface area contributed by atoms with E-state index in [1.54, 1.807) is 30.1 Å². The predicted octanol–water partition coefficient (Wildman–Crippen LogP) is 4.08. The summed E-state index contributed by atoms with van der Waals surface area (Å²) in [5, 5.41) is 8.83. The fraction of sp³-hybridized carbons (Fsp3) is 0.0800. The average Bonchev–Trinajstić information content (AvgIpc) is 3.28. The standard InChI is InChI=1S/C25H22N4O3/c1-31-22-14-12-19(13-15-22)25-20(17-29(28-25)21-8-4-2-5-9-21)16-26-27-24(30)18-32-23-10-6-3-7-11-23/h2-17H,18H2,1H3,(H,27,30)/b26-16-. The molecule has 0 aliphatic rings. The second-order valence-electron chi connectivity index (χ2n) is 6.84. The van der Waals surface area contributed by atoms with E-state index < -0.39 is 0 Å². The van der Waals surface area contributed by atoms with Gasteiger partial charge in [-0.15, -0.1) is 0 Å². The van der Waals surface area contributed by atoms with Crippen LogP contribution < -0.4 is 14.9 Å². The van der Waals surface area contributed by atoms with Crippen LogP contribution in [0.1, 0.15) is 5.56 Å². The highest BCUT2D eigenvalue weighted by atomic mass is 16.5. The minimum Gasteiger partial charge on any atom is -0.497 e. The maximum atomic E-state index is 12.1. The number of carbonyl (C=O) groups excluding carboxylic acids is 1. The van der Waals surface area contributed by atoms with Crippen molar-refractivity contribution in [1.82, 2.24) is 15.2 Å². The van der Waals surface area contributed by atoms with Crippen molar-refractivity contribution < 1.29 is 14.3 Å². The smallest absolute Gasteiger partial charge is 0.277 e. The quantitative estimate of drug-likeness (QED) is 0.340. The lowest BCUT2D eigenvalue weighted by Gasteiger charge is -2.04. The molecule has 1 amide bonds. The number of ether oxygens (including phenoxy) is 2. The van der Waals surface area contributed by atoms with E-state index in [-0.39, 0.29) is 12.5 Å². The van der Waals surface area contributed by atoms with E-state index in [9.17, 15) is 4.79 Å². The van der Waals surface area contributed by atoms with Gasteiger partial charge in [-0.1, -0.05) is 36.4 Å². The normalized spacial score (nSPS) is 10.8. The van der Waals surface area contributed by atoms with Crippen LogP contribution in [0.4, 0.5) is 0 Å². The SMILES string of the molecule is COc1ccc(-c2nn(-c3ccccc3)cc2/C=N\NC(=O)COc2ccccc2)cc1. The number of hydrazone groups is 1. The van der Waals surface area contributed by atoms with E-state index >= 15 is 0 Å². The summed E-state index contributed by atoms with van der Waals surface area (Å²) in [5.74, 6) is 1.03. The van der Waals surface area contributed by atoms with E-state index in [0.29, 0.717) is 5.75 Å². The molecular formula is C25H22N4O3. The van der Waals surface area contributed by atoms with Crippen molar-refractivity contribution in [3.05, 3.63) is 96.7 Å². The number of aromatic nitrogens is 2. The Hall–Kier alpha value is -4.39. The molecule has 7 nitrogen and oxygen atoms in total. The number of nitrogens with zero attached hydrogens (tertiary/aromatic N) is 3. The lowest BCUT2D eigenvalue weighted by Crippen LogP contribution is -2.24. The molecular weight excluding hydrogens is 404 g/mol. The molecule has 160 valence electrons. The van der Waals surface area contributed by atoms with Gasteiger partial charge in [0.15, 0.2) is 6.61 Å². The Labute approximate surface area is 185 Å². The maximum Gasteiger partial charge on any atom is 0.277 e. The average molecular weight is 426 g/mol. The molecule has 7 heteroatoms. The maximum absolute atomic E-state index is 12.1. The number of hydrogen-bond donors (Lipinski definition) is 1. The van der Waals surface area contributed by atoms with Crippen molar-refractivity contribution in [2.45, 2.75) is 0 Å². The highest BCUT2D eigenvalue weighted by Crippen LogP contribution is 2.25. The molecule has 4 rings (SSSR count). The number of carbonyl (C=O) groups is 1. The summed E-state index contributed by atoms with van der Waals surface area (Å²) >= 11 is 0. The Balaban J connectivity index is 1.52. The van der Waals surface area contributed by atoms with Gasteiger partial charge in [0.1, 0.15) is 17.2 Å². The van der Waals surface area contributed by atoms with Crippen LogP contribution in [0, 0.1) is 0 Å². The topological polar surface area (TPSA) is 77.7 Å². The van der Waals surface area contributed by atoms with Crippen molar-refractivity contribution in [3.63, 3.8) is 0 Å². The Kier molecular flexibility index (Phi) is 6.57. The van der Waals surface area contributed by atoms with E-state index in [4.69, 9.17) is 14.6 Å².